The fourth-order valence-electron chi connectivity index (χ4n) is 1.21. The lowest BCUT2D eigenvalue weighted by Crippen LogP contribution is -2.28. The van der Waals surface area contributed by atoms with Gasteiger partial charge in [-0.2, -0.15) is 21.6 Å². The highest BCUT2D eigenvalue weighted by molar-refractivity contribution is 14.1. The molecular formula is C9H4F3IO3S2. The van der Waals surface area contributed by atoms with Gasteiger partial charge >= 0.3 is 15.6 Å². The summed E-state index contributed by atoms with van der Waals surface area (Å²) < 4.78 is 63.5. The standard InChI is InChI=1S/C9H4F3IO3S2/c10-9(11,12)18(14,15)16-6-2-1-5-3-4-17-8(5)7(6)13/h1-4H. The average molecular weight is 408 g/mol. The lowest BCUT2D eigenvalue weighted by atomic mass is 10.2. The summed E-state index contributed by atoms with van der Waals surface area (Å²) >= 11 is 3.06. The molecule has 0 saturated heterocycles. The first-order valence-electron chi connectivity index (χ1n) is 4.39. The predicted molar refractivity (Wildman–Crippen MR) is 70.1 cm³/mol. The van der Waals surface area contributed by atoms with Crippen LogP contribution in [0.5, 0.6) is 5.75 Å². The molecular weight excluding hydrogens is 404 g/mol. The molecule has 1 heterocycles. The molecule has 0 radical (unpaired) electrons. The molecule has 0 atom stereocenters. The number of rotatable bonds is 2. The molecule has 1 aromatic heterocycles. The van der Waals surface area contributed by atoms with Crippen molar-refractivity contribution in [3.63, 3.8) is 0 Å². The Labute approximate surface area is 118 Å². The van der Waals surface area contributed by atoms with Crippen LogP contribution in [0.15, 0.2) is 23.6 Å². The summed E-state index contributed by atoms with van der Waals surface area (Å²) in [5.74, 6) is -0.317. The van der Waals surface area contributed by atoms with E-state index in [2.05, 4.69) is 4.18 Å². The number of fused-ring (bicyclic) bond motifs is 1. The maximum Gasteiger partial charge on any atom is 0.534 e. The molecule has 0 aliphatic carbocycles. The molecule has 0 spiro atoms. The molecule has 0 saturated carbocycles. The van der Waals surface area contributed by atoms with Crippen LogP contribution in [0.4, 0.5) is 13.2 Å². The smallest absolute Gasteiger partial charge is 0.375 e. The Kier molecular flexibility index (Phi) is 3.49. The monoisotopic (exact) mass is 408 g/mol. The molecule has 0 aliphatic rings. The first-order chi connectivity index (χ1) is 8.22. The summed E-state index contributed by atoms with van der Waals surface area (Å²) in [5, 5.41) is 2.58. The fourth-order valence-corrected chi connectivity index (χ4v) is 3.64. The Morgan fingerprint density at radius 3 is 2.50 bits per heavy atom. The van der Waals surface area contributed by atoms with Crippen molar-refractivity contribution in [2.75, 3.05) is 0 Å². The van der Waals surface area contributed by atoms with Crippen molar-refractivity contribution in [3.8, 4) is 5.75 Å². The van der Waals surface area contributed by atoms with Crippen LogP contribution in [0.2, 0.25) is 0 Å². The highest BCUT2D eigenvalue weighted by atomic mass is 127. The number of hydrogen-bond donors (Lipinski definition) is 0. The Morgan fingerprint density at radius 2 is 1.89 bits per heavy atom. The van der Waals surface area contributed by atoms with Crippen molar-refractivity contribution in [1.82, 2.24) is 0 Å². The van der Waals surface area contributed by atoms with Crippen LogP contribution in [0.1, 0.15) is 0 Å². The largest absolute Gasteiger partial charge is 0.534 e. The zero-order valence-electron chi connectivity index (χ0n) is 8.36. The summed E-state index contributed by atoms with van der Waals surface area (Å²) in [6.07, 6.45) is 0. The number of thiophene rings is 1. The molecule has 0 fully saturated rings. The second-order valence-corrected chi connectivity index (χ2v) is 6.73. The molecule has 2 rings (SSSR count). The van der Waals surface area contributed by atoms with E-state index in [0.717, 1.165) is 5.39 Å². The van der Waals surface area contributed by atoms with E-state index >= 15 is 0 Å². The molecule has 18 heavy (non-hydrogen) atoms. The minimum atomic E-state index is -5.63. The Balaban J connectivity index is 2.48. The molecule has 0 N–H and O–H groups in total. The molecule has 9 heteroatoms. The van der Waals surface area contributed by atoms with Gasteiger partial charge in [0.2, 0.25) is 0 Å². The summed E-state index contributed by atoms with van der Waals surface area (Å²) in [6, 6.07) is 4.50. The third-order valence-electron chi connectivity index (χ3n) is 2.01. The molecule has 98 valence electrons. The van der Waals surface area contributed by atoms with Gasteiger partial charge in [0.25, 0.3) is 0 Å². The quantitative estimate of drug-likeness (QED) is 0.432. The third kappa shape index (κ3) is 2.43. The van der Waals surface area contributed by atoms with Crippen LogP contribution in [-0.4, -0.2) is 13.9 Å². The van der Waals surface area contributed by atoms with Gasteiger partial charge in [-0.3, -0.25) is 0 Å². The van der Waals surface area contributed by atoms with E-state index < -0.39 is 15.6 Å². The third-order valence-corrected chi connectivity index (χ3v) is 5.36. The van der Waals surface area contributed by atoms with Crippen LogP contribution in [0, 0.1) is 3.57 Å². The number of halogens is 4. The van der Waals surface area contributed by atoms with Crippen LogP contribution in [0.3, 0.4) is 0 Å². The van der Waals surface area contributed by atoms with Gasteiger partial charge in [-0.15, -0.1) is 11.3 Å². The predicted octanol–water partition coefficient (Wildman–Crippen LogP) is 3.73. The second-order valence-electron chi connectivity index (χ2n) is 3.20. The van der Waals surface area contributed by atoms with E-state index in [0.29, 0.717) is 8.27 Å². The molecule has 1 aromatic carbocycles. The van der Waals surface area contributed by atoms with Gasteiger partial charge in [0, 0.05) is 0 Å². The minimum Gasteiger partial charge on any atom is -0.375 e. The van der Waals surface area contributed by atoms with E-state index in [-0.39, 0.29) is 5.75 Å². The first-order valence-corrected chi connectivity index (χ1v) is 7.75. The summed E-state index contributed by atoms with van der Waals surface area (Å²) in [6.45, 7) is 0. The highest BCUT2D eigenvalue weighted by Crippen LogP contribution is 2.35. The lowest BCUT2D eigenvalue weighted by Gasteiger charge is -2.10. The SMILES string of the molecule is O=S(=O)(Oc1ccc2ccsc2c1I)C(F)(F)F. The van der Waals surface area contributed by atoms with Crippen molar-refractivity contribution >= 4 is 54.1 Å². The molecule has 0 amide bonds. The van der Waals surface area contributed by atoms with Crippen LogP contribution in [-0.2, 0) is 10.1 Å². The average Bonchev–Trinajstić information content (AvgIpc) is 2.69. The zero-order chi connectivity index (χ0) is 13.6. The van der Waals surface area contributed by atoms with Gasteiger partial charge in [-0.05, 0) is 51.6 Å². The maximum absolute atomic E-state index is 12.2. The van der Waals surface area contributed by atoms with E-state index in [9.17, 15) is 21.6 Å². The molecule has 3 nitrogen and oxygen atoms in total. The van der Waals surface area contributed by atoms with Crippen molar-refractivity contribution in [3.05, 3.63) is 27.1 Å². The van der Waals surface area contributed by atoms with E-state index in [1.165, 1.54) is 23.5 Å². The number of alkyl halides is 3. The normalized spacial score (nSPS) is 12.9. The second kappa shape index (κ2) is 4.53. The van der Waals surface area contributed by atoms with E-state index in [4.69, 9.17) is 0 Å². The topological polar surface area (TPSA) is 43.4 Å². The molecule has 0 bridgehead atoms. The Bertz CT molecular complexity index is 691. The Hall–Kier alpha value is -0.550. The van der Waals surface area contributed by atoms with Gasteiger partial charge in [0.15, 0.2) is 5.75 Å². The first kappa shape index (κ1) is 13.9. The van der Waals surface area contributed by atoms with Crippen LogP contribution < -0.4 is 4.18 Å². The molecule has 2 aromatic rings. The Morgan fingerprint density at radius 1 is 1.22 bits per heavy atom. The zero-order valence-corrected chi connectivity index (χ0v) is 12.2. The van der Waals surface area contributed by atoms with E-state index in [1.807, 2.05) is 0 Å². The van der Waals surface area contributed by atoms with Gasteiger partial charge in [0.05, 0.1) is 8.27 Å². The van der Waals surface area contributed by atoms with Crippen molar-refractivity contribution in [2.45, 2.75) is 5.51 Å². The lowest BCUT2D eigenvalue weighted by molar-refractivity contribution is -0.0500. The van der Waals surface area contributed by atoms with Crippen LogP contribution >= 0.6 is 33.9 Å². The molecule has 0 unspecified atom stereocenters. The summed E-state index contributed by atoms with van der Waals surface area (Å²) in [7, 11) is -5.63. The number of hydrogen-bond acceptors (Lipinski definition) is 4. The van der Waals surface area contributed by atoms with E-state index in [1.54, 1.807) is 34.0 Å². The fraction of sp³-hybridized carbons (Fsp3) is 0.111. The van der Waals surface area contributed by atoms with Gasteiger partial charge in [0.1, 0.15) is 0 Å². The summed E-state index contributed by atoms with van der Waals surface area (Å²) in [4.78, 5) is 0. The van der Waals surface area contributed by atoms with Gasteiger partial charge < -0.3 is 4.18 Å². The molecule has 0 aliphatic heterocycles. The maximum atomic E-state index is 12.2. The van der Waals surface area contributed by atoms with Gasteiger partial charge in [-0.25, -0.2) is 0 Å². The highest BCUT2D eigenvalue weighted by Gasteiger charge is 2.48. The van der Waals surface area contributed by atoms with Crippen molar-refractivity contribution < 1.29 is 25.8 Å². The van der Waals surface area contributed by atoms with Gasteiger partial charge in [-0.1, -0.05) is 0 Å². The summed E-state index contributed by atoms with van der Waals surface area (Å²) in [5.41, 5.74) is -5.43. The number of benzene rings is 1. The van der Waals surface area contributed by atoms with Crippen LogP contribution in [0.25, 0.3) is 10.1 Å². The minimum absolute atomic E-state index is 0.317. The van der Waals surface area contributed by atoms with Crippen molar-refractivity contribution in [2.24, 2.45) is 0 Å². The van der Waals surface area contributed by atoms with Crippen molar-refractivity contribution in [1.29, 1.82) is 0 Å².